The minimum Gasteiger partial charge on any atom is -0.383 e. The molecule has 5 nitrogen and oxygen atoms in total. The monoisotopic (exact) mass is 214 g/mol. The van der Waals surface area contributed by atoms with Crippen molar-refractivity contribution in [3.63, 3.8) is 0 Å². The van der Waals surface area contributed by atoms with Gasteiger partial charge in [0.1, 0.15) is 0 Å². The summed E-state index contributed by atoms with van der Waals surface area (Å²) < 4.78 is 4.87. The lowest BCUT2D eigenvalue weighted by Gasteiger charge is -2.06. The molecule has 1 aromatic heterocycles. The number of nitrogens with two attached hydrogens (primary N) is 1. The Balaban J connectivity index is 2.42. The smallest absolute Gasteiger partial charge is 0.210 e. The van der Waals surface area contributed by atoms with Gasteiger partial charge in [0.15, 0.2) is 0 Å². The van der Waals surface area contributed by atoms with Crippen molar-refractivity contribution in [2.45, 2.75) is 0 Å². The Morgan fingerprint density at radius 2 is 2.57 bits per heavy atom. The average molecular weight is 214 g/mol. The van der Waals surface area contributed by atoms with Gasteiger partial charge in [-0.3, -0.25) is 5.43 Å². The van der Waals surface area contributed by atoms with Crippen LogP contribution in [-0.2, 0) is 4.74 Å². The van der Waals surface area contributed by atoms with Crippen LogP contribution in [0.2, 0.25) is 0 Å². The van der Waals surface area contributed by atoms with Crippen molar-refractivity contribution >= 4 is 23.0 Å². The minimum absolute atomic E-state index is 0.542. The molecule has 0 amide bonds. The third-order valence-corrected chi connectivity index (χ3v) is 2.17. The number of methoxy groups -OCH3 is 1. The largest absolute Gasteiger partial charge is 0.383 e. The summed E-state index contributed by atoms with van der Waals surface area (Å²) in [5.74, 6) is 5.83. The first-order valence-electron chi connectivity index (χ1n) is 4.16. The number of hydrogen-bond acceptors (Lipinski definition) is 4. The average Bonchev–Trinajstić information content (AvgIpc) is 2.69. The zero-order valence-corrected chi connectivity index (χ0v) is 8.80. The molecule has 14 heavy (non-hydrogen) atoms. The van der Waals surface area contributed by atoms with Crippen LogP contribution in [-0.4, -0.2) is 26.2 Å². The summed E-state index contributed by atoms with van der Waals surface area (Å²) >= 11 is 1.61. The summed E-state index contributed by atoms with van der Waals surface area (Å²) in [6, 6.07) is 1.95. The molecule has 1 aromatic rings. The van der Waals surface area contributed by atoms with E-state index in [0.717, 1.165) is 5.69 Å². The van der Waals surface area contributed by atoms with E-state index in [-0.39, 0.29) is 0 Å². The molecule has 0 saturated heterocycles. The normalized spacial score (nSPS) is 11.4. The number of thiophene rings is 1. The highest BCUT2D eigenvalue weighted by molar-refractivity contribution is 7.08. The molecule has 0 atom stereocenters. The molecular weight excluding hydrogens is 200 g/mol. The van der Waals surface area contributed by atoms with Gasteiger partial charge in [0.05, 0.1) is 18.8 Å². The van der Waals surface area contributed by atoms with Gasteiger partial charge in [0, 0.05) is 12.5 Å². The Bertz CT molecular complexity index is 273. The van der Waals surface area contributed by atoms with Crippen LogP contribution < -0.4 is 16.6 Å². The minimum atomic E-state index is 0.542. The molecule has 0 aliphatic carbocycles. The molecule has 4 N–H and O–H groups in total. The fraction of sp³-hybridized carbons (Fsp3) is 0.375. The third kappa shape index (κ3) is 3.73. The van der Waals surface area contributed by atoms with Crippen molar-refractivity contribution < 1.29 is 4.74 Å². The van der Waals surface area contributed by atoms with E-state index in [9.17, 15) is 0 Å². The second kappa shape index (κ2) is 6.36. The van der Waals surface area contributed by atoms with Crippen molar-refractivity contribution in [1.82, 2.24) is 5.43 Å². The quantitative estimate of drug-likeness (QED) is 0.226. The molecule has 6 heteroatoms. The molecule has 0 unspecified atom stereocenters. The predicted octanol–water partition coefficient (Wildman–Crippen LogP) is 0.626. The van der Waals surface area contributed by atoms with Crippen LogP contribution in [0.5, 0.6) is 0 Å². The maximum Gasteiger partial charge on any atom is 0.210 e. The van der Waals surface area contributed by atoms with E-state index < -0.39 is 0 Å². The lowest BCUT2D eigenvalue weighted by molar-refractivity contribution is 0.208. The molecule has 0 aliphatic heterocycles. The number of rotatable bonds is 4. The number of ether oxygens (including phenoxy) is 1. The van der Waals surface area contributed by atoms with Crippen LogP contribution in [0, 0.1) is 0 Å². The Kier molecular flexibility index (Phi) is 4.98. The summed E-state index contributed by atoms with van der Waals surface area (Å²) in [4.78, 5) is 4.16. The zero-order valence-electron chi connectivity index (χ0n) is 7.99. The molecule has 0 fully saturated rings. The van der Waals surface area contributed by atoms with Gasteiger partial charge >= 0.3 is 0 Å². The highest BCUT2D eigenvalue weighted by Crippen LogP contribution is 2.10. The summed E-state index contributed by atoms with van der Waals surface area (Å²) in [6.07, 6.45) is 0. The van der Waals surface area contributed by atoms with Crippen LogP contribution in [0.3, 0.4) is 0 Å². The fourth-order valence-electron chi connectivity index (χ4n) is 0.842. The van der Waals surface area contributed by atoms with Gasteiger partial charge in [0.25, 0.3) is 0 Å². The highest BCUT2D eigenvalue weighted by atomic mass is 32.1. The number of hydrogen-bond donors (Lipinski definition) is 3. The summed E-state index contributed by atoms with van der Waals surface area (Å²) in [6.45, 7) is 1.16. The first kappa shape index (κ1) is 11.0. The Morgan fingerprint density at radius 3 is 3.14 bits per heavy atom. The van der Waals surface area contributed by atoms with Gasteiger partial charge < -0.3 is 10.1 Å². The van der Waals surface area contributed by atoms with Gasteiger partial charge in [-0.05, 0) is 11.4 Å². The van der Waals surface area contributed by atoms with E-state index in [1.807, 2.05) is 16.8 Å². The molecule has 0 aliphatic rings. The number of nitrogens with one attached hydrogen (secondary N) is 2. The fourth-order valence-corrected chi connectivity index (χ4v) is 1.43. The topological polar surface area (TPSA) is 71.7 Å². The summed E-state index contributed by atoms with van der Waals surface area (Å²) in [5.41, 5.74) is 3.46. The first-order chi connectivity index (χ1) is 6.86. The van der Waals surface area contributed by atoms with Crippen LogP contribution in [0.1, 0.15) is 0 Å². The Hall–Kier alpha value is -1.11. The molecule has 0 spiro atoms. The highest BCUT2D eigenvalue weighted by Gasteiger charge is 1.96. The van der Waals surface area contributed by atoms with Crippen LogP contribution >= 0.6 is 11.3 Å². The maximum absolute atomic E-state index is 5.29. The van der Waals surface area contributed by atoms with Crippen molar-refractivity contribution in [3.8, 4) is 0 Å². The molecule has 1 heterocycles. The second-order valence-electron chi connectivity index (χ2n) is 2.50. The maximum atomic E-state index is 5.29. The van der Waals surface area contributed by atoms with Gasteiger partial charge in [-0.1, -0.05) is 0 Å². The van der Waals surface area contributed by atoms with Crippen molar-refractivity contribution in [3.05, 3.63) is 16.8 Å². The second-order valence-corrected chi connectivity index (χ2v) is 3.28. The van der Waals surface area contributed by atoms with E-state index in [1.54, 1.807) is 18.4 Å². The summed E-state index contributed by atoms with van der Waals surface area (Å²) in [5, 5.41) is 6.99. The van der Waals surface area contributed by atoms with Crippen LogP contribution in [0.15, 0.2) is 21.8 Å². The molecule has 1 rings (SSSR count). The van der Waals surface area contributed by atoms with Crippen LogP contribution in [0.25, 0.3) is 0 Å². The number of guanidine groups is 1. The molecule has 0 radical (unpaired) electrons. The molecule has 0 saturated carbocycles. The Morgan fingerprint density at radius 1 is 1.71 bits per heavy atom. The molecule has 0 bridgehead atoms. The van der Waals surface area contributed by atoms with E-state index in [2.05, 4.69) is 15.7 Å². The SMILES string of the molecule is COCCN=C(NN)Nc1ccsc1. The van der Waals surface area contributed by atoms with Crippen molar-refractivity contribution in [2.75, 3.05) is 25.6 Å². The molecular formula is C8H14N4OS. The lowest BCUT2D eigenvalue weighted by Crippen LogP contribution is -2.36. The summed E-state index contributed by atoms with van der Waals surface area (Å²) in [7, 11) is 1.64. The first-order valence-corrected chi connectivity index (χ1v) is 5.10. The zero-order chi connectivity index (χ0) is 10.2. The number of anilines is 1. The van der Waals surface area contributed by atoms with Gasteiger partial charge in [-0.15, -0.1) is 0 Å². The number of hydrazine groups is 1. The lowest BCUT2D eigenvalue weighted by atomic mass is 10.5. The van der Waals surface area contributed by atoms with E-state index >= 15 is 0 Å². The Labute approximate surface area is 87.0 Å². The molecule has 78 valence electrons. The standard InChI is InChI=1S/C8H14N4OS/c1-13-4-3-10-8(12-9)11-7-2-5-14-6-7/h2,5-6H,3-4,9H2,1H3,(H2,10,11,12). The van der Waals surface area contributed by atoms with Gasteiger partial charge in [0.2, 0.25) is 5.96 Å². The number of aliphatic imine (C=N–C) groups is 1. The van der Waals surface area contributed by atoms with Crippen molar-refractivity contribution in [1.29, 1.82) is 0 Å². The van der Waals surface area contributed by atoms with E-state index in [4.69, 9.17) is 10.6 Å². The molecule has 0 aromatic carbocycles. The van der Waals surface area contributed by atoms with Gasteiger partial charge in [-0.25, -0.2) is 10.8 Å². The predicted molar refractivity (Wildman–Crippen MR) is 59.4 cm³/mol. The van der Waals surface area contributed by atoms with Crippen molar-refractivity contribution in [2.24, 2.45) is 10.8 Å². The van der Waals surface area contributed by atoms with E-state index in [1.165, 1.54) is 0 Å². The van der Waals surface area contributed by atoms with Crippen LogP contribution in [0.4, 0.5) is 5.69 Å². The number of nitrogens with zero attached hydrogens (tertiary/aromatic N) is 1. The van der Waals surface area contributed by atoms with Gasteiger partial charge in [-0.2, -0.15) is 11.3 Å². The van der Waals surface area contributed by atoms with E-state index in [0.29, 0.717) is 19.1 Å². The third-order valence-electron chi connectivity index (χ3n) is 1.49.